The van der Waals surface area contributed by atoms with Crippen LogP contribution in [-0.2, 0) is 4.74 Å². The Morgan fingerprint density at radius 3 is 2.44 bits per heavy atom. The van der Waals surface area contributed by atoms with Gasteiger partial charge in [0.1, 0.15) is 4.88 Å². The SMILES string of the molecule is COC(=O)c1sccc1NC(=O)Nc1cc(NC(=O)c2cccc(C)c2)ccc1N1CCCC1. The number of nitrogens with zero attached hydrogens (tertiary/aromatic N) is 1. The summed E-state index contributed by atoms with van der Waals surface area (Å²) in [5.74, 6) is -0.738. The zero-order chi connectivity index (χ0) is 24.1. The smallest absolute Gasteiger partial charge is 0.350 e. The van der Waals surface area contributed by atoms with E-state index in [9.17, 15) is 14.4 Å². The predicted octanol–water partition coefficient (Wildman–Crippen LogP) is 5.34. The van der Waals surface area contributed by atoms with E-state index in [0.29, 0.717) is 27.5 Å². The Labute approximate surface area is 201 Å². The van der Waals surface area contributed by atoms with Crippen LogP contribution in [0.4, 0.5) is 27.5 Å². The molecular formula is C25H26N4O4S. The number of thiophene rings is 1. The van der Waals surface area contributed by atoms with Crippen molar-refractivity contribution in [3.63, 3.8) is 0 Å². The summed E-state index contributed by atoms with van der Waals surface area (Å²) in [5, 5.41) is 10.2. The largest absolute Gasteiger partial charge is 0.465 e. The van der Waals surface area contributed by atoms with Gasteiger partial charge in [0.2, 0.25) is 0 Å². The number of hydrogen-bond donors (Lipinski definition) is 3. The molecule has 0 unspecified atom stereocenters. The van der Waals surface area contributed by atoms with E-state index in [0.717, 1.165) is 37.2 Å². The molecule has 8 nitrogen and oxygen atoms in total. The van der Waals surface area contributed by atoms with Gasteiger partial charge in [-0.15, -0.1) is 11.3 Å². The Morgan fingerprint density at radius 1 is 0.941 bits per heavy atom. The van der Waals surface area contributed by atoms with Crippen molar-refractivity contribution >= 4 is 52.0 Å². The molecule has 1 fully saturated rings. The summed E-state index contributed by atoms with van der Waals surface area (Å²) >= 11 is 1.19. The highest BCUT2D eigenvalue weighted by Crippen LogP contribution is 2.32. The van der Waals surface area contributed by atoms with E-state index in [4.69, 9.17) is 4.74 Å². The summed E-state index contributed by atoms with van der Waals surface area (Å²) in [5.41, 5.74) is 3.94. The number of nitrogens with one attached hydrogen (secondary N) is 3. The van der Waals surface area contributed by atoms with Crippen LogP contribution in [0.1, 0.15) is 38.4 Å². The van der Waals surface area contributed by atoms with Crippen molar-refractivity contribution in [2.45, 2.75) is 19.8 Å². The number of rotatable bonds is 6. The summed E-state index contributed by atoms with van der Waals surface area (Å²) in [6.45, 7) is 3.71. The van der Waals surface area contributed by atoms with Crippen LogP contribution in [0.15, 0.2) is 53.9 Å². The summed E-state index contributed by atoms with van der Waals surface area (Å²) in [6, 6.07) is 14.0. The monoisotopic (exact) mass is 478 g/mol. The maximum Gasteiger partial charge on any atom is 0.350 e. The molecule has 0 radical (unpaired) electrons. The molecule has 0 saturated carbocycles. The van der Waals surface area contributed by atoms with Crippen molar-refractivity contribution in [2.75, 3.05) is 41.0 Å². The number of benzene rings is 2. The van der Waals surface area contributed by atoms with Crippen molar-refractivity contribution in [3.05, 3.63) is 69.9 Å². The van der Waals surface area contributed by atoms with Crippen LogP contribution in [0.3, 0.4) is 0 Å². The lowest BCUT2D eigenvalue weighted by Gasteiger charge is -2.22. The maximum absolute atomic E-state index is 12.8. The Balaban J connectivity index is 1.55. The van der Waals surface area contributed by atoms with E-state index in [2.05, 4.69) is 20.9 Å². The number of carbonyl (C=O) groups excluding carboxylic acids is 3. The molecule has 0 bridgehead atoms. The zero-order valence-electron chi connectivity index (χ0n) is 19.0. The first-order valence-corrected chi connectivity index (χ1v) is 11.8. The number of anilines is 4. The molecule has 3 amide bonds. The van der Waals surface area contributed by atoms with Gasteiger partial charge < -0.3 is 25.6 Å². The number of ether oxygens (including phenoxy) is 1. The van der Waals surface area contributed by atoms with Crippen LogP contribution >= 0.6 is 11.3 Å². The van der Waals surface area contributed by atoms with E-state index < -0.39 is 12.0 Å². The molecule has 0 atom stereocenters. The predicted molar refractivity (Wildman–Crippen MR) is 135 cm³/mol. The molecule has 3 N–H and O–H groups in total. The molecule has 0 spiro atoms. The van der Waals surface area contributed by atoms with Crippen molar-refractivity contribution < 1.29 is 19.1 Å². The number of amides is 3. The van der Waals surface area contributed by atoms with Crippen molar-refractivity contribution in [2.24, 2.45) is 0 Å². The maximum atomic E-state index is 12.8. The van der Waals surface area contributed by atoms with Crippen LogP contribution in [0.25, 0.3) is 0 Å². The molecule has 2 heterocycles. The molecule has 34 heavy (non-hydrogen) atoms. The fraction of sp³-hybridized carbons (Fsp3) is 0.240. The summed E-state index contributed by atoms with van der Waals surface area (Å²) < 4.78 is 4.77. The third-order valence-corrected chi connectivity index (χ3v) is 6.41. The first-order valence-electron chi connectivity index (χ1n) is 11.0. The first-order chi connectivity index (χ1) is 16.4. The van der Waals surface area contributed by atoms with Crippen LogP contribution in [0.2, 0.25) is 0 Å². The average molecular weight is 479 g/mol. The molecular weight excluding hydrogens is 452 g/mol. The van der Waals surface area contributed by atoms with Gasteiger partial charge in [-0.05, 0) is 61.5 Å². The second kappa shape index (κ2) is 10.4. The number of urea groups is 1. The molecule has 1 aliphatic rings. The molecule has 3 aromatic rings. The van der Waals surface area contributed by atoms with E-state index in [1.54, 1.807) is 23.6 Å². The van der Waals surface area contributed by atoms with Gasteiger partial charge in [0.05, 0.1) is 24.2 Å². The Kier molecular flexibility index (Phi) is 7.12. The topological polar surface area (TPSA) is 99.8 Å². The highest BCUT2D eigenvalue weighted by molar-refractivity contribution is 7.12. The van der Waals surface area contributed by atoms with Crippen molar-refractivity contribution in [1.29, 1.82) is 0 Å². The normalized spacial score (nSPS) is 12.8. The van der Waals surface area contributed by atoms with Gasteiger partial charge in [-0.1, -0.05) is 17.7 Å². The highest BCUT2D eigenvalue weighted by atomic mass is 32.1. The van der Waals surface area contributed by atoms with Gasteiger partial charge in [-0.2, -0.15) is 0 Å². The lowest BCUT2D eigenvalue weighted by Crippen LogP contribution is -2.24. The number of hydrogen-bond acceptors (Lipinski definition) is 6. The molecule has 0 aliphatic carbocycles. The molecule has 1 aliphatic heterocycles. The van der Waals surface area contributed by atoms with E-state index >= 15 is 0 Å². The van der Waals surface area contributed by atoms with E-state index in [1.807, 2.05) is 37.3 Å². The molecule has 9 heteroatoms. The second-order valence-electron chi connectivity index (χ2n) is 7.98. The Morgan fingerprint density at radius 2 is 1.71 bits per heavy atom. The van der Waals surface area contributed by atoms with Crippen LogP contribution in [0, 0.1) is 6.92 Å². The quantitative estimate of drug-likeness (QED) is 0.415. The molecule has 1 saturated heterocycles. The lowest BCUT2D eigenvalue weighted by atomic mass is 10.1. The lowest BCUT2D eigenvalue weighted by molar-refractivity contribution is 0.0607. The van der Waals surface area contributed by atoms with Gasteiger partial charge in [0, 0.05) is 24.3 Å². The minimum absolute atomic E-state index is 0.228. The third-order valence-electron chi connectivity index (χ3n) is 5.51. The van der Waals surface area contributed by atoms with Crippen molar-refractivity contribution in [1.82, 2.24) is 0 Å². The van der Waals surface area contributed by atoms with E-state index in [1.165, 1.54) is 18.4 Å². The summed E-state index contributed by atoms with van der Waals surface area (Å²) in [4.78, 5) is 40.0. The van der Waals surface area contributed by atoms with Gasteiger partial charge in [-0.3, -0.25) is 4.79 Å². The van der Waals surface area contributed by atoms with Gasteiger partial charge in [0.15, 0.2) is 0 Å². The summed E-state index contributed by atoms with van der Waals surface area (Å²) in [6.07, 6.45) is 2.16. The van der Waals surface area contributed by atoms with E-state index in [-0.39, 0.29) is 5.91 Å². The number of methoxy groups -OCH3 is 1. The Hall–Kier alpha value is -3.85. The van der Waals surface area contributed by atoms with Gasteiger partial charge in [0.25, 0.3) is 5.91 Å². The van der Waals surface area contributed by atoms with Crippen LogP contribution in [-0.4, -0.2) is 38.1 Å². The minimum Gasteiger partial charge on any atom is -0.465 e. The summed E-state index contributed by atoms with van der Waals surface area (Å²) in [7, 11) is 1.30. The van der Waals surface area contributed by atoms with Gasteiger partial charge in [-0.25, -0.2) is 9.59 Å². The fourth-order valence-electron chi connectivity index (χ4n) is 3.87. The highest BCUT2D eigenvalue weighted by Gasteiger charge is 2.20. The molecule has 1 aromatic heterocycles. The first kappa shape index (κ1) is 23.3. The fourth-order valence-corrected chi connectivity index (χ4v) is 4.64. The minimum atomic E-state index is -0.510. The second-order valence-corrected chi connectivity index (χ2v) is 8.90. The third kappa shape index (κ3) is 5.37. The number of carbonyl (C=O) groups is 3. The molecule has 4 rings (SSSR count). The van der Waals surface area contributed by atoms with Crippen LogP contribution < -0.4 is 20.9 Å². The van der Waals surface area contributed by atoms with Crippen LogP contribution in [0.5, 0.6) is 0 Å². The van der Waals surface area contributed by atoms with Crippen molar-refractivity contribution in [3.8, 4) is 0 Å². The average Bonchev–Trinajstić information content (AvgIpc) is 3.51. The van der Waals surface area contributed by atoms with Gasteiger partial charge >= 0.3 is 12.0 Å². The number of aryl methyl sites for hydroxylation is 1. The molecule has 2 aromatic carbocycles. The molecule has 176 valence electrons. The Bertz CT molecular complexity index is 1220. The number of esters is 1. The zero-order valence-corrected chi connectivity index (χ0v) is 19.8. The standard InChI is InChI=1S/C25H26N4O4S/c1-16-6-5-7-17(14-16)23(30)26-18-8-9-21(29-11-3-4-12-29)20(15-18)28-25(32)27-19-10-13-34-22(19)24(31)33-2/h5-10,13-15H,3-4,11-12H2,1-2H3,(H,26,30)(H2,27,28,32).